The molecule has 6 atom stereocenters. The third-order valence-corrected chi connectivity index (χ3v) is 8.81. The molecular formula is C22H33NO2. The normalized spacial score (nSPS) is 49.3. The first-order chi connectivity index (χ1) is 11.9. The van der Waals surface area contributed by atoms with E-state index in [1.54, 1.807) is 0 Å². The summed E-state index contributed by atoms with van der Waals surface area (Å²) in [5.74, 6) is 2.66. The Morgan fingerprint density at radius 3 is 2.64 bits per heavy atom. The molecule has 1 heterocycles. The number of carbonyl (C=O) groups is 1. The third kappa shape index (κ3) is 2.23. The first kappa shape index (κ1) is 16.4. The predicted molar refractivity (Wildman–Crippen MR) is 97.8 cm³/mol. The maximum Gasteiger partial charge on any atom is 0.226 e. The molecule has 0 aromatic rings. The number of rotatable bonds is 2. The van der Waals surface area contributed by atoms with Crippen molar-refractivity contribution in [2.75, 3.05) is 7.05 Å². The van der Waals surface area contributed by atoms with Crippen molar-refractivity contribution >= 4 is 5.91 Å². The van der Waals surface area contributed by atoms with Gasteiger partial charge in [-0.3, -0.25) is 4.79 Å². The van der Waals surface area contributed by atoms with E-state index in [1.807, 2.05) is 11.9 Å². The summed E-state index contributed by atoms with van der Waals surface area (Å²) < 4.78 is 6.47. The van der Waals surface area contributed by atoms with Crippen LogP contribution in [0.25, 0.3) is 0 Å². The van der Waals surface area contributed by atoms with Crippen molar-refractivity contribution in [3.8, 4) is 0 Å². The Kier molecular flexibility index (Phi) is 3.49. The number of amides is 1. The summed E-state index contributed by atoms with van der Waals surface area (Å²) in [6.45, 7) is 4.99. The lowest BCUT2D eigenvalue weighted by atomic mass is 9.49. The number of nitrogens with zero attached hydrogens (tertiary/aromatic N) is 1. The van der Waals surface area contributed by atoms with E-state index in [0.29, 0.717) is 23.5 Å². The fourth-order valence-electron chi connectivity index (χ4n) is 7.19. The van der Waals surface area contributed by atoms with E-state index in [-0.39, 0.29) is 5.41 Å². The molecule has 5 unspecified atom stereocenters. The van der Waals surface area contributed by atoms with E-state index >= 15 is 0 Å². The lowest BCUT2D eigenvalue weighted by Crippen LogP contribution is -2.54. The molecule has 138 valence electrons. The lowest BCUT2D eigenvalue weighted by Gasteiger charge is -2.58. The molecule has 4 fully saturated rings. The molecule has 0 bridgehead atoms. The van der Waals surface area contributed by atoms with Crippen molar-refractivity contribution in [3.05, 3.63) is 11.8 Å². The van der Waals surface area contributed by atoms with Crippen LogP contribution in [0.4, 0.5) is 0 Å². The van der Waals surface area contributed by atoms with Crippen LogP contribution in [-0.2, 0) is 9.53 Å². The molecule has 5 aliphatic rings. The van der Waals surface area contributed by atoms with Crippen LogP contribution < -0.4 is 0 Å². The number of allylic oxidation sites excluding steroid dienone is 2. The number of ether oxygens (including phenoxy) is 1. The zero-order chi connectivity index (χ0) is 17.4. The highest BCUT2D eigenvalue weighted by atomic mass is 16.5. The van der Waals surface area contributed by atoms with Gasteiger partial charge in [-0.1, -0.05) is 19.9 Å². The monoisotopic (exact) mass is 343 g/mol. The van der Waals surface area contributed by atoms with Gasteiger partial charge in [-0.05, 0) is 74.5 Å². The SMILES string of the molecule is CN1C(=O)CCC2(C)C1=CCC1C2CCC2(C)C1CC[C@@H]2OC1CC1. The minimum Gasteiger partial charge on any atom is -0.374 e. The summed E-state index contributed by atoms with van der Waals surface area (Å²) >= 11 is 0. The Morgan fingerprint density at radius 1 is 1.08 bits per heavy atom. The molecular weight excluding hydrogens is 310 g/mol. The predicted octanol–water partition coefficient (Wildman–Crippen LogP) is 4.52. The maximum atomic E-state index is 12.2. The molecule has 0 aromatic carbocycles. The average molecular weight is 344 g/mol. The molecule has 25 heavy (non-hydrogen) atoms. The number of likely N-dealkylation sites (tertiary alicyclic amines) is 1. The van der Waals surface area contributed by atoms with Crippen molar-refractivity contribution in [3.63, 3.8) is 0 Å². The van der Waals surface area contributed by atoms with Crippen LogP contribution in [0.5, 0.6) is 0 Å². The van der Waals surface area contributed by atoms with Gasteiger partial charge in [0.2, 0.25) is 5.91 Å². The fraction of sp³-hybridized carbons (Fsp3) is 0.864. The van der Waals surface area contributed by atoms with Gasteiger partial charge in [-0.25, -0.2) is 0 Å². The van der Waals surface area contributed by atoms with Gasteiger partial charge in [0.25, 0.3) is 0 Å². The highest BCUT2D eigenvalue weighted by Crippen LogP contribution is 2.65. The van der Waals surface area contributed by atoms with Gasteiger partial charge in [0.15, 0.2) is 0 Å². The Morgan fingerprint density at radius 2 is 1.88 bits per heavy atom. The number of hydrogen-bond acceptors (Lipinski definition) is 2. The molecule has 1 amide bonds. The molecule has 1 aliphatic heterocycles. The van der Waals surface area contributed by atoms with Crippen molar-refractivity contribution < 1.29 is 9.53 Å². The van der Waals surface area contributed by atoms with Crippen molar-refractivity contribution in [2.45, 2.75) is 83.8 Å². The van der Waals surface area contributed by atoms with E-state index < -0.39 is 0 Å². The van der Waals surface area contributed by atoms with Gasteiger partial charge >= 0.3 is 0 Å². The molecule has 0 N–H and O–H groups in total. The molecule has 5 rings (SSSR count). The second kappa shape index (κ2) is 5.34. The van der Waals surface area contributed by atoms with E-state index in [9.17, 15) is 4.79 Å². The Labute approximate surface area is 152 Å². The van der Waals surface area contributed by atoms with Crippen LogP contribution >= 0.6 is 0 Å². The molecule has 0 aromatic heterocycles. The van der Waals surface area contributed by atoms with Crippen LogP contribution in [-0.4, -0.2) is 30.1 Å². The molecule has 3 nitrogen and oxygen atoms in total. The quantitative estimate of drug-likeness (QED) is 0.737. The third-order valence-electron chi connectivity index (χ3n) is 8.81. The number of hydrogen-bond donors (Lipinski definition) is 0. The van der Waals surface area contributed by atoms with Crippen molar-refractivity contribution in [1.82, 2.24) is 4.90 Å². The zero-order valence-corrected chi connectivity index (χ0v) is 16.1. The van der Waals surface area contributed by atoms with Gasteiger partial charge in [0.05, 0.1) is 12.2 Å². The average Bonchev–Trinajstić information content (AvgIpc) is 3.34. The summed E-state index contributed by atoms with van der Waals surface area (Å²) in [7, 11) is 1.99. The Hall–Kier alpha value is -0.830. The van der Waals surface area contributed by atoms with E-state index in [1.165, 1.54) is 50.6 Å². The van der Waals surface area contributed by atoms with Gasteiger partial charge in [-0.15, -0.1) is 0 Å². The van der Waals surface area contributed by atoms with E-state index in [2.05, 4.69) is 19.9 Å². The summed E-state index contributed by atoms with van der Waals surface area (Å²) in [5, 5.41) is 0. The highest BCUT2D eigenvalue weighted by Gasteiger charge is 2.60. The number of fused-ring (bicyclic) bond motifs is 5. The van der Waals surface area contributed by atoms with E-state index in [0.717, 1.165) is 30.6 Å². The zero-order valence-electron chi connectivity index (χ0n) is 16.1. The van der Waals surface area contributed by atoms with Crippen LogP contribution in [0.1, 0.15) is 71.6 Å². The maximum absolute atomic E-state index is 12.2. The minimum absolute atomic E-state index is 0.211. The summed E-state index contributed by atoms with van der Waals surface area (Å²) in [5.41, 5.74) is 1.93. The van der Waals surface area contributed by atoms with Crippen molar-refractivity contribution in [1.29, 1.82) is 0 Å². The fourth-order valence-corrected chi connectivity index (χ4v) is 7.19. The molecule has 3 heteroatoms. The summed E-state index contributed by atoms with van der Waals surface area (Å²) in [6, 6.07) is 0. The van der Waals surface area contributed by atoms with Gasteiger partial charge < -0.3 is 9.64 Å². The molecule has 0 radical (unpaired) electrons. The Balaban J connectivity index is 1.44. The first-order valence-corrected chi connectivity index (χ1v) is 10.6. The minimum atomic E-state index is 0.211. The first-order valence-electron chi connectivity index (χ1n) is 10.6. The van der Waals surface area contributed by atoms with Crippen LogP contribution in [0.15, 0.2) is 11.8 Å². The second-order valence-electron chi connectivity index (χ2n) is 10.0. The second-order valence-corrected chi connectivity index (χ2v) is 10.0. The van der Waals surface area contributed by atoms with Crippen LogP contribution in [0, 0.1) is 28.6 Å². The number of carbonyl (C=O) groups excluding carboxylic acids is 1. The highest BCUT2D eigenvalue weighted by molar-refractivity contribution is 5.79. The molecule has 1 saturated heterocycles. The van der Waals surface area contributed by atoms with Gasteiger partial charge in [-0.2, -0.15) is 0 Å². The molecule has 4 aliphatic carbocycles. The number of piperidine rings is 1. The molecule has 3 saturated carbocycles. The largest absolute Gasteiger partial charge is 0.374 e. The molecule has 0 spiro atoms. The van der Waals surface area contributed by atoms with Gasteiger partial charge in [0.1, 0.15) is 0 Å². The van der Waals surface area contributed by atoms with E-state index in [4.69, 9.17) is 4.74 Å². The standard InChI is InChI=1S/C22H33NO2/c1-21-13-11-20(24)23(3)18(21)8-6-15-16-7-9-19(25-14-4-5-14)22(16,2)12-10-17(15)21/h8,14-17,19H,4-7,9-13H2,1-3H3/t15?,16?,17?,19-,21?,22?/m0/s1. The van der Waals surface area contributed by atoms with Crippen LogP contribution in [0.2, 0.25) is 0 Å². The topological polar surface area (TPSA) is 29.5 Å². The van der Waals surface area contributed by atoms with Crippen molar-refractivity contribution in [2.24, 2.45) is 28.6 Å². The lowest BCUT2D eigenvalue weighted by molar-refractivity contribution is -0.137. The smallest absolute Gasteiger partial charge is 0.226 e. The Bertz CT molecular complexity index is 624. The summed E-state index contributed by atoms with van der Waals surface area (Å²) in [6.07, 6.45) is 14.3. The van der Waals surface area contributed by atoms with Gasteiger partial charge in [0, 0.05) is 24.6 Å². The summed E-state index contributed by atoms with van der Waals surface area (Å²) in [4.78, 5) is 14.2. The van der Waals surface area contributed by atoms with Crippen LogP contribution in [0.3, 0.4) is 0 Å².